The smallest absolute Gasteiger partial charge is 0.219 e. The summed E-state index contributed by atoms with van der Waals surface area (Å²) in [6, 6.07) is 29.4. The molecule has 1 heterocycles. The predicted octanol–water partition coefficient (Wildman–Crippen LogP) is 5.28. The van der Waals surface area contributed by atoms with Crippen LogP contribution >= 0.6 is 0 Å². The van der Waals surface area contributed by atoms with E-state index in [0.717, 1.165) is 21.4 Å². The minimum absolute atomic E-state index is 0.240. The summed E-state index contributed by atoms with van der Waals surface area (Å²) in [4.78, 5) is 0. The van der Waals surface area contributed by atoms with Gasteiger partial charge in [0.05, 0.1) is 19.8 Å². The first kappa shape index (κ1) is 23.9. The van der Waals surface area contributed by atoms with Crippen LogP contribution in [0.5, 0.6) is 0 Å². The van der Waals surface area contributed by atoms with Crippen molar-refractivity contribution >= 4 is 5.71 Å². The SMILES string of the molecule is C/C=C/C1=[N+]([O-])[C@@H](COCc2ccccc2)[C@H](OCc2ccccc2)[C@H]1OCc1ccccc1. The Morgan fingerprint density at radius 3 is 1.76 bits per heavy atom. The maximum Gasteiger partial charge on any atom is 0.219 e. The molecule has 5 nitrogen and oxygen atoms in total. The number of ether oxygens (including phenoxy) is 3. The summed E-state index contributed by atoms with van der Waals surface area (Å²) in [5, 5.41) is 13.4. The Hall–Kier alpha value is -3.25. The van der Waals surface area contributed by atoms with Gasteiger partial charge in [0.1, 0.15) is 6.61 Å². The van der Waals surface area contributed by atoms with E-state index in [9.17, 15) is 5.21 Å². The molecule has 34 heavy (non-hydrogen) atoms. The number of rotatable bonds is 11. The molecule has 3 aromatic rings. The van der Waals surface area contributed by atoms with Crippen LogP contribution in [0.2, 0.25) is 0 Å². The molecule has 4 rings (SSSR count). The van der Waals surface area contributed by atoms with Crippen LogP contribution in [-0.2, 0) is 34.0 Å². The van der Waals surface area contributed by atoms with Crippen LogP contribution in [-0.4, -0.2) is 35.3 Å². The maximum absolute atomic E-state index is 13.4. The van der Waals surface area contributed by atoms with Gasteiger partial charge >= 0.3 is 0 Å². The fourth-order valence-electron chi connectivity index (χ4n) is 4.10. The Morgan fingerprint density at radius 2 is 1.24 bits per heavy atom. The lowest BCUT2D eigenvalue weighted by molar-refractivity contribution is -0.507. The van der Waals surface area contributed by atoms with E-state index in [1.807, 2.05) is 110 Å². The summed E-state index contributed by atoms with van der Waals surface area (Å²) in [6.45, 7) is 3.36. The predicted molar refractivity (Wildman–Crippen MR) is 133 cm³/mol. The van der Waals surface area contributed by atoms with Crippen molar-refractivity contribution in [3.8, 4) is 0 Å². The molecule has 0 spiro atoms. The molecule has 3 aromatic carbocycles. The van der Waals surface area contributed by atoms with E-state index in [4.69, 9.17) is 14.2 Å². The van der Waals surface area contributed by atoms with E-state index in [1.54, 1.807) is 0 Å². The third-order valence-corrected chi connectivity index (χ3v) is 5.82. The average molecular weight is 458 g/mol. The van der Waals surface area contributed by atoms with Crippen molar-refractivity contribution < 1.29 is 18.9 Å². The van der Waals surface area contributed by atoms with Crippen LogP contribution < -0.4 is 0 Å². The molecular weight excluding hydrogens is 426 g/mol. The quantitative estimate of drug-likeness (QED) is 0.290. The van der Waals surface area contributed by atoms with Gasteiger partial charge in [-0.1, -0.05) is 97.1 Å². The molecule has 0 saturated carbocycles. The van der Waals surface area contributed by atoms with Gasteiger partial charge in [0.15, 0.2) is 12.2 Å². The number of hydroxylamine groups is 1. The topological polar surface area (TPSA) is 53.8 Å². The van der Waals surface area contributed by atoms with Gasteiger partial charge in [-0.3, -0.25) is 0 Å². The summed E-state index contributed by atoms with van der Waals surface area (Å²) < 4.78 is 19.7. The minimum Gasteiger partial charge on any atom is -0.623 e. The van der Waals surface area contributed by atoms with Crippen molar-refractivity contribution in [3.05, 3.63) is 125 Å². The lowest BCUT2D eigenvalue weighted by Crippen LogP contribution is -2.41. The zero-order chi connectivity index (χ0) is 23.6. The van der Waals surface area contributed by atoms with Crippen LogP contribution in [0.15, 0.2) is 103 Å². The summed E-state index contributed by atoms with van der Waals surface area (Å²) in [5.41, 5.74) is 3.72. The van der Waals surface area contributed by atoms with Gasteiger partial charge in [0.25, 0.3) is 0 Å². The highest BCUT2D eigenvalue weighted by Gasteiger charge is 2.49. The zero-order valence-electron chi connectivity index (χ0n) is 19.5. The Morgan fingerprint density at radius 1 is 0.735 bits per heavy atom. The van der Waals surface area contributed by atoms with Gasteiger partial charge in [0, 0.05) is 6.08 Å². The summed E-state index contributed by atoms with van der Waals surface area (Å²) >= 11 is 0. The Labute approximate surface area is 201 Å². The third-order valence-electron chi connectivity index (χ3n) is 5.82. The summed E-state index contributed by atoms with van der Waals surface area (Å²) in [5.74, 6) is 0. The van der Waals surface area contributed by atoms with E-state index < -0.39 is 18.2 Å². The summed E-state index contributed by atoms with van der Waals surface area (Å²) in [6.07, 6.45) is 2.71. The molecule has 0 bridgehead atoms. The molecule has 1 aliphatic rings. The first-order valence-electron chi connectivity index (χ1n) is 11.6. The molecule has 1 aliphatic heterocycles. The van der Waals surface area contributed by atoms with Crippen LogP contribution in [0.25, 0.3) is 0 Å². The largest absolute Gasteiger partial charge is 0.623 e. The van der Waals surface area contributed by atoms with Gasteiger partial charge in [-0.25, -0.2) is 0 Å². The van der Waals surface area contributed by atoms with Gasteiger partial charge in [-0.15, -0.1) is 0 Å². The number of nitrogens with zero attached hydrogens (tertiary/aromatic N) is 1. The zero-order valence-corrected chi connectivity index (χ0v) is 19.5. The number of hydrogen-bond donors (Lipinski definition) is 0. The average Bonchev–Trinajstić information content (AvgIpc) is 3.13. The molecular formula is C29H31NO4. The van der Waals surface area contributed by atoms with E-state index in [-0.39, 0.29) is 6.61 Å². The lowest BCUT2D eigenvalue weighted by atomic mass is 10.1. The summed E-state index contributed by atoms with van der Waals surface area (Å²) in [7, 11) is 0. The van der Waals surface area contributed by atoms with Crippen molar-refractivity contribution in [3.63, 3.8) is 0 Å². The standard InChI is InChI=1S/C29H31NO4/c1-2-12-26-28(33-20-24-15-8-4-9-16-24)29(34-21-25-17-10-5-11-18-25)27(30(26)31)22-32-19-23-13-6-3-7-14-23/h2-18,27-29H,19-22H2,1H3/b12-2+/t27-,28-,29-/m0/s1. The van der Waals surface area contributed by atoms with Crippen LogP contribution in [0.1, 0.15) is 23.6 Å². The highest BCUT2D eigenvalue weighted by Crippen LogP contribution is 2.25. The fraction of sp³-hybridized carbons (Fsp3) is 0.276. The highest BCUT2D eigenvalue weighted by molar-refractivity contribution is 5.96. The van der Waals surface area contributed by atoms with Crippen molar-refractivity contribution in [2.75, 3.05) is 6.61 Å². The maximum atomic E-state index is 13.4. The normalized spacial score (nSPS) is 20.3. The lowest BCUT2D eigenvalue weighted by Gasteiger charge is -2.23. The van der Waals surface area contributed by atoms with Crippen molar-refractivity contribution in [1.29, 1.82) is 0 Å². The fourth-order valence-corrected chi connectivity index (χ4v) is 4.10. The third kappa shape index (κ3) is 6.20. The van der Waals surface area contributed by atoms with Crippen LogP contribution in [0.3, 0.4) is 0 Å². The van der Waals surface area contributed by atoms with E-state index in [1.165, 1.54) is 0 Å². The first-order chi connectivity index (χ1) is 16.8. The van der Waals surface area contributed by atoms with Gasteiger partial charge in [-0.05, 0) is 23.6 Å². The van der Waals surface area contributed by atoms with E-state index in [2.05, 4.69) is 0 Å². The first-order valence-corrected chi connectivity index (χ1v) is 11.6. The molecule has 3 atom stereocenters. The number of hydrogen-bond acceptors (Lipinski definition) is 4. The molecule has 0 aliphatic carbocycles. The molecule has 0 fully saturated rings. The van der Waals surface area contributed by atoms with Crippen LogP contribution in [0, 0.1) is 5.21 Å². The Kier molecular flexibility index (Phi) is 8.63. The van der Waals surface area contributed by atoms with Gasteiger partial charge < -0.3 is 19.4 Å². The molecule has 0 radical (unpaired) electrons. The minimum atomic E-state index is -0.514. The van der Waals surface area contributed by atoms with Gasteiger partial charge in [-0.2, -0.15) is 4.74 Å². The number of allylic oxidation sites excluding steroid dienone is 1. The molecule has 0 aromatic heterocycles. The second kappa shape index (κ2) is 12.3. The van der Waals surface area contributed by atoms with Crippen molar-refractivity contribution in [2.24, 2.45) is 0 Å². The molecule has 0 N–H and O–H groups in total. The Bertz CT molecular complexity index is 1070. The van der Waals surface area contributed by atoms with Crippen molar-refractivity contribution in [2.45, 2.75) is 45.0 Å². The molecule has 5 heteroatoms. The van der Waals surface area contributed by atoms with Crippen molar-refractivity contribution in [1.82, 2.24) is 0 Å². The van der Waals surface area contributed by atoms with Crippen LogP contribution in [0.4, 0.5) is 0 Å². The Balaban J connectivity index is 1.52. The van der Waals surface area contributed by atoms with E-state index in [0.29, 0.717) is 25.5 Å². The highest BCUT2D eigenvalue weighted by atomic mass is 16.6. The molecule has 0 saturated heterocycles. The van der Waals surface area contributed by atoms with Gasteiger partial charge in [0.2, 0.25) is 11.8 Å². The second-order valence-electron chi connectivity index (χ2n) is 8.30. The molecule has 0 unspecified atom stereocenters. The van der Waals surface area contributed by atoms with E-state index >= 15 is 0 Å². The molecule has 176 valence electrons. The number of benzene rings is 3. The molecule has 0 amide bonds. The monoisotopic (exact) mass is 457 g/mol. The second-order valence-corrected chi connectivity index (χ2v) is 8.30.